The molecule has 2 amide bonds. The summed E-state index contributed by atoms with van der Waals surface area (Å²) in [4.78, 5) is 21.6. The van der Waals surface area contributed by atoms with Gasteiger partial charge in [0.15, 0.2) is 0 Å². The highest BCUT2D eigenvalue weighted by Crippen LogP contribution is 2.29. The molecule has 0 atom stereocenters. The normalized spacial score (nSPS) is 10.9. The molecule has 0 spiro atoms. The molecule has 9 heteroatoms. The third-order valence-electron chi connectivity index (χ3n) is 2.81. The minimum atomic E-state index is -4.44. The molecule has 2 N–H and O–H groups in total. The Balaban J connectivity index is 1.98. The number of anilines is 2. The van der Waals surface area contributed by atoms with Gasteiger partial charge in [-0.3, -0.25) is 10.1 Å². The first-order valence-corrected chi connectivity index (χ1v) is 6.25. The van der Waals surface area contributed by atoms with E-state index in [1.807, 2.05) is 0 Å². The quantitative estimate of drug-likeness (QED) is 0.653. The summed E-state index contributed by atoms with van der Waals surface area (Å²) in [6, 6.07) is 8.37. The van der Waals surface area contributed by atoms with Gasteiger partial charge in [-0.25, -0.2) is 4.79 Å². The number of non-ortho nitro benzene ring substituents is 1. The van der Waals surface area contributed by atoms with Gasteiger partial charge in [-0.1, -0.05) is 0 Å². The van der Waals surface area contributed by atoms with Crippen LogP contribution in [-0.2, 0) is 6.18 Å². The average Bonchev–Trinajstić information content (AvgIpc) is 2.47. The number of alkyl halides is 3. The number of nitro groups is 1. The fourth-order valence-electron chi connectivity index (χ4n) is 1.70. The summed E-state index contributed by atoms with van der Waals surface area (Å²) in [5.74, 6) is 0. The van der Waals surface area contributed by atoms with Crippen LogP contribution in [0.2, 0.25) is 0 Å². The zero-order chi connectivity index (χ0) is 17.0. The largest absolute Gasteiger partial charge is 0.416 e. The Labute approximate surface area is 128 Å². The molecule has 0 radical (unpaired) electrons. The van der Waals surface area contributed by atoms with E-state index in [0.29, 0.717) is 5.69 Å². The van der Waals surface area contributed by atoms with Crippen LogP contribution in [0.15, 0.2) is 48.5 Å². The van der Waals surface area contributed by atoms with Gasteiger partial charge >= 0.3 is 12.2 Å². The molecule has 2 rings (SSSR count). The third-order valence-corrected chi connectivity index (χ3v) is 2.81. The van der Waals surface area contributed by atoms with Crippen molar-refractivity contribution in [2.75, 3.05) is 10.6 Å². The summed E-state index contributed by atoms with van der Waals surface area (Å²) < 4.78 is 37.2. The lowest BCUT2D eigenvalue weighted by Gasteiger charge is -2.09. The molecule has 0 aromatic heterocycles. The molecule has 120 valence electrons. The number of nitrogens with one attached hydrogen (secondary N) is 2. The molecule has 0 aliphatic carbocycles. The van der Waals surface area contributed by atoms with E-state index in [4.69, 9.17) is 0 Å². The molecule has 0 bridgehead atoms. The van der Waals surface area contributed by atoms with Crippen molar-refractivity contribution in [3.05, 3.63) is 64.2 Å². The van der Waals surface area contributed by atoms with E-state index >= 15 is 0 Å². The SMILES string of the molecule is O=C(Nc1ccc([N+](=O)[O-])cc1)Nc1ccc(C(F)(F)F)cc1. The molecule has 0 saturated heterocycles. The molecule has 0 aliphatic rings. The maximum absolute atomic E-state index is 12.4. The molecule has 0 fully saturated rings. The lowest BCUT2D eigenvalue weighted by molar-refractivity contribution is -0.384. The maximum atomic E-state index is 12.4. The molecule has 0 unspecified atom stereocenters. The van der Waals surface area contributed by atoms with Crippen molar-refractivity contribution in [1.29, 1.82) is 0 Å². The van der Waals surface area contributed by atoms with Crippen LogP contribution in [-0.4, -0.2) is 11.0 Å². The second kappa shape index (κ2) is 6.34. The first-order valence-electron chi connectivity index (χ1n) is 6.25. The summed E-state index contributed by atoms with van der Waals surface area (Å²) >= 11 is 0. The monoisotopic (exact) mass is 325 g/mol. The van der Waals surface area contributed by atoms with E-state index in [1.54, 1.807) is 0 Å². The minimum absolute atomic E-state index is 0.126. The standard InChI is InChI=1S/C14H10F3N3O3/c15-14(16,17)9-1-3-10(4-2-9)18-13(21)19-11-5-7-12(8-6-11)20(22)23/h1-8H,(H2,18,19,21). The highest BCUT2D eigenvalue weighted by Gasteiger charge is 2.29. The fourth-order valence-corrected chi connectivity index (χ4v) is 1.70. The van der Waals surface area contributed by atoms with Crippen molar-refractivity contribution in [3.8, 4) is 0 Å². The van der Waals surface area contributed by atoms with Crippen LogP contribution >= 0.6 is 0 Å². The van der Waals surface area contributed by atoms with Gasteiger partial charge in [0.2, 0.25) is 0 Å². The third kappa shape index (κ3) is 4.43. The maximum Gasteiger partial charge on any atom is 0.416 e. The summed E-state index contributed by atoms with van der Waals surface area (Å²) in [5, 5.41) is 15.3. The van der Waals surface area contributed by atoms with Crippen LogP contribution in [0.5, 0.6) is 0 Å². The number of hydrogen-bond donors (Lipinski definition) is 2. The highest BCUT2D eigenvalue weighted by molar-refractivity contribution is 5.99. The van der Waals surface area contributed by atoms with Crippen molar-refractivity contribution in [2.45, 2.75) is 6.18 Å². The number of nitro benzene ring substituents is 1. The number of carbonyl (C=O) groups is 1. The van der Waals surface area contributed by atoms with Crippen LogP contribution < -0.4 is 10.6 Å². The van der Waals surface area contributed by atoms with Gasteiger partial charge in [-0.15, -0.1) is 0 Å². The smallest absolute Gasteiger partial charge is 0.308 e. The number of rotatable bonds is 3. The van der Waals surface area contributed by atoms with E-state index in [9.17, 15) is 28.1 Å². The Morgan fingerprint density at radius 1 is 0.913 bits per heavy atom. The molecule has 0 heterocycles. The van der Waals surface area contributed by atoms with Crippen molar-refractivity contribution < 1.29 is 22.9 Å². The number of carbonyl (C=O) groups excluding carboxylic acids is 1. The van der Waals surface area contributed by atoms with Crippen molar-refractivity contribution in [1.82, 2.24) is 0 Å². The Morgan fingerprint density at radius 3 is 1.74 bits per heavy atom. The lowest BCUT2D eigenvalue weighted by Crippen LogP contribution is -2.19. The lowest BCUT2D eigenvalue weighted by atomic mass is 10.2. The molecular weight excluding hydrogens is 315 g/mol. The molecular formula is C14H10F3N3O3. The Bertz CT molecular complexity index is 713. The van der Waals surface area contributed by atoms with E-state index in [-0.39, 0.29) is 11.4 Å². The van der Waals surface area contributed by atoms with E-state index in [1.165, 1.54) is 24.3 Å². The molecule has 0 aliphatic heterocycles. The number of hydrogen-bond acceptors (Lipinski definition) is 3. The van der Waals surface area contributed by atoms with Crippen LogP contribution in [0.1, 0.15) is 5.56 Å². The molecule has 6 nitrogen and oxygen atoms in total. The fraction of sp³-hybridized carbons (Fsp3) is 0.0714. The van der Waals surface area contributed by atoms with Crippen LogP contribution in [0, 0.1) is 10.1 Å². The molecule has 2 aromatic carbocycles. The van der Waals surface area contributed by atoms with Gasteiger partial charge in [0, 0.05) is 23.5 Å². The second-order valence-electron chi connectivity index (χ2n) is 4.46. The average molecular weight is 325 g/mol. The second-order valence-corrected chi connectivity index (χ2v) is 4.46. The first kappa shape index (κ1) is 16.3. The first-order chi connectivity index (χ1) is 10.8. The van der Waals surface area contributed by atoms with Crippen molar-refractivity contribution in [3.63, 3.8) is 0 Å². The minimum Gasteiger partial charge on any atom is -0.308 e. The number of benzene rings is 2. The van der Waals surface area contributed by atoms with Crippen molar-refractivity contribution >= 4 is 23.1 Å². The van der Waals surface area contributed by atoms with E-state index in [0.717, 1.165) is 24.3 Å². The number of urea groups is 1. The van der Waals surface area contributed by atoms with Gasteiger partial charge in [0.1, 0.15) is 0 Å². The van der Waals surface area contributed by atoms with Crippen LogP contribution in [0.3, 0.4) is 0 Å². The summed E-state index contributed by atoms with van der Waals surface area (Å²) in [6.07, 6.45) is -4.44. The summed E-state index contributed by atoms with van der Waals surface area (Å²) in [6.45, 7) is 0. The Kier molecular flexibility index (Phi) is 4.49. The predicted octanol–water partition coefficient (Wildman–Crippen LogP) is 4.26. The Morgan fingerprint density at radius 2 is 1.35 bits per heavy atom. The number of amides is 2. The van der Waals surface area contributed by atoms with Crippen LogP contribution in [0.25, 0.3) is 0 Å². The molecule has 23 heavy (non-hydrogen) atoms. The van der Waals surface area contributed by atoms with Gasteiger partial charge < -0.3 is 10.6 Å². The topological polar surface area (TPSA) is 84.3 Å². The molecule has 0 saturated carbocycles. The number of halogens is 3. The van der Waals surface area contributed by atoms with Gasteiger partial charge in [0.05, 0.1) is 10.5 Å². The van der Waals surface area contributed by atoms with Gasteiger partial charge in [-0.2, -0.15) is 13.2 Å². The molecule has 2 aromatic rings. The van der Waals surface area contributed by atoms with Crippen LogP contribution in [0.4, 0.5) is 35.0 Å². The zero-order valence-electron chi connectivity index (χ0n) is 11.4. The van der Waals surface area contributed by atoms with E-state index in [2.05, 4.69) is 10.6 Å². The number of nitrogens with zero attached hydrogens (tertiary/aromatic N) is 1. The summed E-state index contributed by atoms with van der Waals surface area (Å²) in [5.41, 5.74) is -0.463. The van der Waals surface area contributed by atoms with Crippen molar-refractivity contribution in [2.24, 2.45) is 0 Å². The summed E-state index contributed by atoms with van der Waals surface area (Å²) in [7, 11) is 0. The Hall–Kier alpha value is -3.10. The zero-order valence-corrected chi connectivity index (χ0v) is 11.4. The van der Waals surface area contributed by atoms with E-state index < -0.39 is 22.7 Å². The predicted molar refractivity (Wildman–Crippen MR) is 77.2 cm³/mol. The highest BCUT2D eigenvalue weighted by atomic mass is 19.4. The van der Waals surface area contributed by atoms with Gasteiger partial charge in [-0.05, 0) is 36.4 Å². The van der Waals surface area contributed by atoms with Gasteiger partial charge in [0.25, 0.3) is 5.69 Å².